The van der Waals surface area contributed by atoms with Crippen molar-refractivity contribution in [2.75, 3.05) is 34.5 Å². The van der Waals surface area contributed by atoms with Gasteiger partial charge in [0.2, 0.25) is 5.91 Å². The lowest BCUT2D eigenvalue weighted by Crippen LogP contribution is -2.28. The minimum atomic E-state index is -0.0450. The average molecular weight is 383 g/mol. The van der Waals surface area contributed by atoms with Crippen LogP contribution in [-0.2, 0) is 21.7 Å². The molecule has 0 saturated heterocycles. The molecule has 6 nitrogen and oxygen atoms in total. The smallest absolute Gasteiger partial charge is 0.226 e. The van der Waals surface area contributed by atoms with E-state index in [4.69, 9.17) is 14.2 Å². The van der Waals surface area contributed by atoms with Crippen LogP contribution in [0.3, 0.4) is 0 Å². The van der Waals surface area contributed by atoms with E-state index in [1.165, 1.54) is 0 Å². The lowest BCUT2D eigenvalue weighted by atomic mass is 10.2. The van der Waals surface area contributed by atoms with E-state index in [2.05, 4.69) is 10.3 Å². The summed E-state index contributed by atoms with van der Waals surface area (Å²) in [4.78, 5) is 16.3. The van der Waals surface area contributed by atoms with E-state index in [-0.39, 0.29) is 12.3 Å². The summed E-state index contributed by atoms with van der Waals surface area (Å²) in [6, 6.07) is 5.80. The number of thiazole rings is 1. The van der Waals surface area contributed by atoms with Crippen LogP contribution < -0.4 is 14.8 Å². The molecule has 1 aromatic carbocycles. The van der Waals surface area contributed by atoms with Crippen LogP contribution in [0.5, 0.6) is 11.5 Å². The maximum absolute atomic E-state index is 11.8. The number of amides is 1. The molecule has 2 aromatic rings. The number of nitrogens with one attached hydrogen (secondary N) is 1. The minimum absolute atomic E-state index is 0.0450. The molecule has 1 heterocycles. The molecule has 8 heteroatoms. The average Bonchev–Trinajstić information content (AvgIpc) is 3.07. The lowest BCUT2D eigenvalue weighted by Gasteiger charge is -2.07. The topological polar surface area (TPSA) is 69.7 Å². The number of hydrogen-bond acceptors (Lipinski definition) is 7. The number of methoxy groups -OCH3 is 3. The molecule has 1 amide bonds. The molecule has 0 aliphatic rings. The fourth-order valence-electron chi connectivity index (χ4n) is 2.05. The summed E-state index contributed by atoms with van der Waals surface area (Å²) in [6.45, 7) is 1.02. The van der Waals surface area contributed by atoms with Crippen LogP contribution in [0.2, 0.25) is 0 Å². The first-order valence-electron chi connectivity index (χ1n) is 7.69. The highest BCUT2D eigenvalue weighted by atomic mass is 32.2. The van der Waals surface area contributed by atoms with Crippen LogP contribution in [0.4, 0.5) is 0 Å². The maximum Gasteiger partial charge on any atom is 0.226 e. The first kappa shape index (κ1) is 19.6. The summed E-state index contributed by atoms with van der Waals surface area (Å²) in [5.41, 5.74) is 1.88. The van der Waals surface area contributed by atoms with Gasteiger partial charge in [-0.25, -0.2) is 4.98 Å². The van der Waals surface area contributed by atoms with E-state index >= 15 is 0 Å². The van der Waals surface area contributed by atoms with Crippen LogP contribution in [0.15, 0.2) is 27.9 Å². The SMILES string of the molecule is COCCNC(=O)Cc1csc(SCc2cc(OC)cc(OC)c2)n1. The standard InChI is InChI=1S/C17H22N2O4S2/c1-21-5-4-18-16(20)8-13-11-25-17(19-13)24-10-12-6-14(22-2)9-15(7-12)23-3/h6-7,9,11H,4-5,8,10H2,1-3H3,(H,18,20). The number of aromatic nitrogens is 1. The molecule has 2 rings (SSSR count). The monoisotopic (exact) mass is 382 g/mol. The molecule has 0 bridgehead atoms. The highest BCUT2D eigenvalue weighted by Crippen LogP contribution is 2.30. The summed E-state index contributed by atoms with van der Waals surface area (Å²) >= 11 is 3.17. The Balaban J connectivity index is 1.88. The van der Waals surface area contributed by atoms with Crippen molar-refractivity contribution in [1.82, 2.24) is 10.3 Å². The number of thioether (sulfide) groups is 1. The van der Waals surface area contributed by atoms with Gasteiger partial charge in [-0.2, -0.15) is 0 Å². The lowest BCUT2D eigenvalue weighted by molar-refractivity contribution is -0.120. The fourth-order valence-corrected chi connectivity index (χ4v) is 3.82. The highest BCUT2D eigenvalue weighted by molar-refractivity contribution is 8.00. The molecule has 0 fully saturated rings. The zero-order valence-electron chi connectivity index (χ0n) is 14.5. The molecule has 0 aliphatic carbocycles. The van der Waals surface area contributed by atoms with E-state index in [9.17, 15) is 4.79 Å². The van der Waals surface area contributed by atoms with E-state index < -0.39 is 0 Å². The molecule has 0 unspecified atom stereocenters. The van der Waals surface area contributed by atoms with E-state index in [1.54, 1.807) is 44.4 Å². The molecule has 0 aliphatic heterocycles. The van der Waals surface area contributed by atoms with Gasteiger partial charge in [0.25, 0.3) is 0 Å². The van der Waals surface area contributed by atoms with Gasteiger partial charge in [0.15, 0.2) is 0 Å². The van der Waals surface area contributed by atoms with E-state index in [1.807, 2.05) is 23.6 Å². The van der Waals surface area contributed by atoms with Gasteiger partial charge in [0, 0.05) is 30.9 Å². The molecule has 1 aromatic heterocycles. The van der Waals surface area contributed by atoms with Crippen LogP contribution in [0.25, 0.3) is 0 Å². The Bertz CT molecular complexity index is 669. The summed E-state index contributed by atoms with van der Waals surface area (Å²) in [6.07, 6.45) is 0.285. The predicted molar refractivity (Wildman–Crippen MR) is 99.8 cm³/mol. The number of nitrogens with zero attached hydrogens (tertiary/aromatic N) is 1. The second-order valence-electron chi connectivity index (χ2n) is 5.13. The zero-order chi connectivity index (χ0) is 18.1. The Kier molecular flexibility index (Phi) is 8.03. The number of carbonyl (C=O) groups is 1. The van der Waals surface area contributed by atoms with Crippen molar-refractivity contribution in [3.63, 3.8) is 0 Å². The number of ether oxygens (including phenoxy) is 3. The molecule has 25 heavy (non-hydrogen) atoms. The van der Waals surface area contributed by atoms with Crippen molar-refractivity contribution in [3.05, 3.63) is 34.8 Å². The number of rotatable bonds is 10. The van der Waals surface area contributed by atoms with Gasteiger partial charge in [-0.15, -0.1) is 11.3 Å². The molecule has 136 valence electrons. The first-order valence-corrected chi connectivity index (χ1v) is 9.56. The van der Waals surface area contributed by atoms with Crippen molar-refractivity contribution in [2.24, 2.45) is 0 Å². The van der Waals surface area contributed by atoms with Crippen LogP contribution in [0, 0.1) is 0 Å². The summed E-state index contributed by atoms with van der Waals surface area (Å²) in [5.74, 6) is 2.24. The Morgan fingerprint density at radius 3 is 2.56 bits per heavy atom. The second-order valence-corrected chi connectivity index (χ2v) is 7.21. The fraction of sp³-hybridized carbons (Fsp3) is 0.412. The van der Waals surface area contributed by atoms with Gasteiger partial charge in [-0.3, -0.25) is 4.79 Å². The van der Waals surface area contributed by atoms with Gasteiger partial charge in [0.1, 0.15) is 15.8 Å². The summed E-state index contributed by atoms with van der Waals surface area (Å²) in [7, 11) is 4.88. The molecule has 0 saturated carbocycles. The Hall–Kier alpha value is -1.77. The van der Waals surface area contributed by atoms with Crippen molar-refractivity contribution in [3.8, 4) is 11.5 Å². The Labute approximate surface area is 155 Å². The molecule has 0 radical (unpaired) electrons. The Morgan fingerprint density at radius 1 is 1.20 bits per heavy atom. The van der Waals surface area contributed by atoms with Crippen LogP contribution in [-0.4, -0.2) is 45.4 Å². The van der Waals surface area contributed by atoms with Crippen molar-refractivity contribution in [2.45, 2.75) is 16.5 Å². The molecule has 0 spiro atoms. The zero-order valence-corrected chi connectivity index (χ0v) is 16.2. The number of hydrogen-bond donors (Lipinski definition) is 1. The highest BCUT2D eigenvalue weighted by Gasteiger charge is 2.09. The first-order chi connectivity index (χ1) is 12.1. The van der Waals surface area contributed by atoms with Gasteiger partial charge in [0.05, 0.1) is 32.9 Å². The van der Waals surface area contributed by atoms with Gasteiger partial charge < -0.3 is 19.5 Å². The van der Waals surface area contributed by atoms with Gasteiger partial charge >= 0.3 is 0 Å². The quantitative estimate of drug-likeness (QED) is 0.503. The van der Waals surface area contributed by atoms with Gasteiger partial charge in [-0.05, 0) is 17.7 Å². The van der Waals surface area contributed by atoms with Crippen molar-refractivity contribution < 1.29 is 19.0 Å². The third-order valence-corrected chi connectivity index (χ3v) is 5.42. The Morgan fingerprint density at radius 2 is 1.92 bits per heavy atom. The normalized spacial score (nSPS) is 10.5. The van der Waals surface area contributed by atoms with Crippen LogP contribution >= 0.6 is 23.1 Å². The van der Waals surface area contributed by atoms with E-state index in [0.29, 0.717) is 13.2 Å². The number of benzene rings is 1. The van der Waals surface area contributed by atoms with Crippen LogP contribution in [0.1, 0.15) is 11.3 Å². The summed E-state index contributed by atoms with van der Waals surface area (Å²) < 4.78 is 16.4. The van der Waals surface area contributed by atoms with Crippen molar-refractivity contribution in [1.29, 1.82) is 0 Å². The largest absolute Gasteiger partial charge is 0.497 e. The predicted octanol–water partition coefficient (Wildman–Crippen LogP) is 2.76. The molecular formula is C17H22N2O4S2. The summed E-state index contributed by atoms with van der Waals surface area (Å²) in [5, 5.41) is 4.71. The van der Waals surface area contributed by atoms with E-state index in [0.717, 1.165) is 32.8 Å². The molecule has 1 N–H and O–H groups in total. The van der Waals surface area contributed by atoms with Gasteiger partial charge in [-0.1, -0.05) is 11.8 Å². The third-order valence-electron chi connectivity index (χ3n) is 3.27. The third kappa shape index (κ3) is 6.56. The molecular weight excluding hydrogens is 360 g/mol. The van der Waals surface area contributed by atoms with Crippen molar-refractivity contribution >= 4 is 29.0 Å². The maximum atomic E-state index is 11.8. The molecule has 0 atom stereocenters. The number of carbonyl (C=O) groups excluding carboxylic acids is 1. The second kappa shape index (κ2) is 10.3. The minimum Gasteiger partial charge on any atom is -0.497 e.